The quantitative estimate of drug-likeness (QED) is 0.741. The van der Waals surface area contributed by atoms with Crippen LogP contribution in [0.3, 0.4) is 0 Å². The molecule has 2 rings (SSSR count). The molecule has 0 aliphatic heterocycles. The molecule has 0 unspecified atom stereocenters. The lowest BCUT2D eigenvalue weighted by Gasteiger charge is -2.10. The van der Waals surface area contributed by atoms with Gasteiger partial charge in [-0.05, 0) is 70.7 Å². The third-order valence-corrected chi connectivity index (χ3v) is 3.85. The van der Waals surface area contributed by atoms with E-state index in [2.05, 4.69) is 27.8 Å². The van der Waals surface area contributed by atoms with E-state index >= 15 is 0 Å². The summed E-state index contributed by atoms with van der Waals surface area (Å²) < 4.78 is 11.6. The van der Waals surface area contributed by atoms with Crippen molar-refractivity contribution >= 4 is 27.8 Å². The molecule has 21 heavy (non-hydrogen) atoms. The maximum Gasteiger partial charge on any atom is 0.161 e. The Kier molecular flexibility index (Phi) is 5.02. The number of ether oxygens (including phenoxy) is 2. The zero-order valence-electron chi connectivity index (χ0n) is 12.6. The molecule has 0 spiro atoms. The first-order valence-electron chi connectivity index (χ1n) is 6.58. The third kappa shape index (κ3) is 3.64. The van der Waals surface area contributed by atoms with Crippen molar-refractivity contribution in [3.05, 3.63) is 51.5 Å². The van der Waals surface area contributed by atoms with Crippen LogP contribution in [-0.4, -0.2) is 20.4 Å². The number of nitrogens with zero attached hydrogens (tertiary/aromatic N) is 1. The molecule has 0 radical (unpaired) electrons. The molecule has 3 nitrogen and oxygen atoms in total. The summed E-state index contributed by atoms with van der Waals surface area (Å²) >= 11 is 3.53. The highest BCUT2D eigenvalue weighted by molar-refractivity contribution is 9.10. The van der Waals surface area contributed by atoms with E-state index in [1.54, 1.807) is 14.2 Å². The average molecular weight is 348 g/mol. The molecule has 0 amide bonds. The largest absolute Gasteiger partial charge is 0.493 e. The molecule has 2 aromatic carbocycles. The van der Waals surface area contributed by atoms with Crippen molar-refractivity contribution in [1.29, 1.82) is 0 Å². The Morgan fingerprint density at radius 2 is 1.67 bits per heavy atom. The summed E-state index contributed by atoms with van der Waals surface area (Å²) in [6.45, 7) is 4.07. The molecule has 0 aromatic heterocycles. The lowest BCUT2D eigenvalue weighted by molar-refractivity contribution is 0.354. The van der Waals surface area contributed by atoms with Crippen LogP contribution in [0.15, 0.2) is 39.8 Å². The molecule has 0 aliphatic carbocycles. The highest BCUT2D eigenvalue weighted by atomic mass is 79.9. The van der Waals surface area contributed by atoms with Crippen LogP contribution in [0.5, 0.6) is 11.5 Å². The molecule has 0 saturated heterocycles. The number of methoxy groups -OCH3 is 2. The van der Waals surface area contributed by atoms with Gasteiger partial charge in [-0.25, -0.2) is 0 Å². The van der Waals surface area contributed by atoms with Crippen molar-refractivity contribution in [2.75, 3.05) is 14.2 Å². The minimum Gasteiger partial charge on any atom is -0.493 e. The van der Waals surface area contributed by atoms with E-state index in [0.29, 0.717) is 5.75 Å². The van der Waals surface area contributed by atoms with Crippen molar-refractivity contribution < 1.29 is 9.47 Å². The van der Waals surface area contributed by atoms with Crippen molar-refractivity contribution in [2.24, 2.45) is 4.99 Å². The fourth-order valence-corrected chi connectivity index (χ4v) is 2.59. The maximum atomic E-state index is 5.33. The molecular formula is C17H18BrNO2. The second-order valence-electron chi connectivity index (χ2n) is 4.78. The normalized spacial score (nSPS) is 10.9. The highest BCUT2D eigenvalue weighted by Gasteiger charge is 2.07. The third-order valence-electron chi connectivity index (χ3n) is 3.22. The van der Waals surface area contributed by atoms with E-state index in [0.717, 1.165) is 27.0 Å². The summed E-state index contributed by atoms with van der Waals surface area (Å²) in [5.74, 6) is 1.43. The van der Waals surface area contributed by atoms with E-state index in [1.165, 1.54) is 5.56 Å². The Hall–Kier alpha value is -1.81. The monoisotopic (exact) mass is 347 g/mol. The zero-order chi connectivity index (χ0) is 15.4. The van der Waals surface area contributed by atoms with Crippen LogP contribution in [-0.2, 0) is 0 Å². The summed E-state index contributed by atoms with van der Waals surface area (Å²) in [4.78, 5) is 4.54. The molecule has 0 atom stereocenters. The lowest BCUT2D eigenvalue weighted by Crippen LogP contribution is -1.95. The summed E-state index contributed by atoms with van der Waals surface area (Å²) in [6, 6.07) is 9.96. The van der Waals surface area contributed by atoms with Crippen molar-refractivity contribution in [3.63, 3.8) is 0 Å². The smallest absolute Gasteiger partial charge is 0.161 e. The molecule has 0 aliphatic rings. The number of rotatable bonds is 4. The van der Waals surface area contributed by atoms with Gasteiger partial charge < -0.3 is 9.47 Å². The molecule has 4 heteroatoms. The lowest BCUT2D eigenvalue weighted by atomic mass is 10.1. The summed E-state index contributed by atoms with van der Waals surface area (Å²) in [5, 5.41) is 0. The Morgan fingerprint density at radius 1 is 1.00 bits per heavy atom. The second kappa shape index (κ2) is 6.76. The van der Waals surface area contributed by atoms with E-state index in [1.807, 2.05) is 43.5 Å². The SMILES string of the molecule is COc1cc(C)c(C=Nc2ccc(C)cc2Br)cc1OC. The van der Waals surface area contributed by atoms with Gasteiger partial charge in [0.1, 0.15) is 0 Å². The van der Waals surface area contributed by atoms with Gasteiger partial charge in [0.05, 0.1) is 19.9 Å². The second-order valence-corrected chi connectivity index (χ2v) is 5.63. The standard InChI is InChI=1S/C17H18BrNO2/c1-11-5-6-15(14(18)7-11)19-10-13-9-17(21-4)16(20-3)8-12(13)2/h5-10H,1-4H3. The van der Waals surface area contributed by atoms with Crippen LogP contribution in [0.2, 0.25) is 0 Å². The van der Waals surface area contributed by atoms with Crippen LogP contribution in [0.25, 0.3) is 0 Å². The van der Waals surface area contributed by atoms with E-state index in [-0.39, 0.29) is 0 Å². The van der Waals surface area contributed by atoms with Gasteiger partial charge in [0.15, 0.2) is 11.5 Å². The number of halogens is 1. The Labute approximate surface area is 133 Å². The molecular weight excluding hydrogens is 330 g/mol. The number of hydrogen-bond donors (Lipinski definition) is 0. The van der Waals surface area contributed by atoms with Gasteiger partial charge in [0, 0.05) is 10.7 Å². The number of aryl methyl sites for hydroxylation is 2. The van der Waals surface area contributed by atoms with Gasteiger partial charge in [-0.1, -0.05) is 6.07 Å². The Bertz CT molecular complexity index is 681. The van der Waals surface area contributed by atoms with Crippen molar-refractivity contribution in [2.45, 2.75) is 13.8 Å². The van der Waals surface area contributed by atoms with Gasteiger partial charge in [-0.3, -0.25) is 4.99 Å². The average Bonchev–Trinajstić information content (AvgIpc) is 2.47. The van der Waals surface area contributed by atoms with Crippen molar-refractivity contribution in [3.8, 4) is 11.5 Å². The van der Waals surface area contributed by atoms with Gasteiger partial charge in [-0.15, -0.1) is 0 Å². The fourth-order valence-electron chi connectivity index (χ4n) is 1.99. The fraction of sp³-hybridized carbons (Fsp3) is 0.235. The molecule has 0 bridgehead atoms. The van der Waals surface area contributed by atoms with E-state index in [4.69, 9.17) is 9.47 Å². The predicted octanol–water partition coefficient (Wildman–Crippen LogP) is 4.83. The summed E-state index contributed by atoms with van der Waals surface area (Å²) in [5.41, 5.74) is 4.18. The maximum absolute atomic E-state index is 5.33. The first-order valence-corrected chi connectivity index (χ1v) is 7.37. The summed E-state index contributed by atoms with van der Waals surface area (Å²) in [6.07, 6.45) is 1.84. The molecule has 0 fully saturated rings. The topological polar surface area (TPSA) is 30.8 Å². The van der Waals surface area contributed by atoms with Crippen LogP contribution in [0.4, 0.5) is 5.69 Å². The molecule has 2 aromatic rings. The highest BCUT2D eigenvalue weighted by Crippen LogP contribution is 2.30. The van der Waals surface area contributed by atoms with Crippen LogP contribution >= 0.6 is 15.9 Å². The van der Waals surface area contributed by atoms with Crippen LogP contribution < -0.4 is 9.47 Å². The van der Waals surface area contributed by atoms with Crippen LogP contribution in [0.1, 0.15) is 16.7 Å². The predicted molar refractivity (Wildman–Crippen MR) is 90.4 cm³/mol. The van der Waals surface area contributed by atoms with E-state index < -0.39 is 0 Å². The Morgan fingerprint density at radius 3 is 2.29 bits per heavy atom. The molecule has 0 N–H and O–H groups in total. The van der Waals surface area contributed by atoms with Crippen LogP contribution in [0, 0.1) is 13.8 Å². The number of hydrogen-bond acceptors (Lipinski definition) is 3. The molecule has 0 heterocycles. The summed E-state index contributed by atoms with van der Waals surface area (Å²) in [7, 11) is 3.26. The molecule has 110 valence electrons. The van der Waals surface area contributed by atoms with Gasteiger partial charge >= 0.3 is 0 Å². The first kappa shape index (κ1) is 15.6. The minimum absolute atomic E-state index is 0.701. The number of benzene rings is 2. The first-order chi connectivity index (χ1) is 10.0. The minimum atomic E-state index is 0.701. The van der Waals surface area contributed by atoms with Gasteiger partial charge in [0.25, 0.3) is 0 Å². The van der Waals surface area contributed by atoms with Gasteiger partial charge in [-0.2, -0.15) is 0 Å². The van der Waals surface area contributed by atoms with Gasteiger partial charge in [0.2, 0.25) is 0 Å². The Balaban J connectivity index is 2.36. The van der Waals surface area contributed by atoms with E-state index in [9.17, 15) is 0 Å². The number of aliphatic imine (C=N–C) groups is 1. The van der Waals surface area contributed by atoms with Crippen molar-refractivity contribution in [1.82, 2.24) is 0 Å². The zero-order valence-corrected chi connectivity index (χ0v) is 14.2. The molecule has 0 saturated carbocycles.